The van der Waals surface area contributed by atoms with Crippen molar-refractivity contribution in [3.05, 3.63) is 109 Å². The summed E-state index contributed by atoms with van der Waals surface area (Å²) in [6.45, 7) is 4.57. The fourth-order valence-corrected chi connectivity index (χ4v) is 6.18. The molecule has 0 saturated heterocycles. The number of rotatable bonds is 38. The van der Waals surface area contributed by atoms with Gasteiger partial charge in [-0.1, -0.05) is 155 Å². The highest BCUT2D eigenvalue weighted by Gasteiger charge is 2.27. The van der Waals surface area contributed by atoms with E-state index in [1.54, 1.807) is 6.08 Å². The minimum Gasteiger partial charge on any atom is -0.387 e. The van der Waals surface area contributed by atoms with Crippen molar-refractivity contribution in [2.45, 2.75) is 154 Å². The van der Waals surface area contributed by atoms with E-state index in [1.165, 1.54) is 19.3 Å². The SMILES string of the molecule is CC/C=C\C/C=C\C/C=C\C/C=C\C/C=C\C/C=C\C/C=C\CCCCCCCC(=O)NC(COP(=O)(O)OCC[N+](C)(C)C)C(O)/C=C/CC/C=C/CCCCC. The number of allylic oxidation sites excluding steroid dienone is 17. The number of amides is 1. The Balaban J connectivity index is 4.34. The van der Waals surface area contributed by atoms with Crippen molar-refractivity contribution in [2.24, 2.45) is 0 Å². The molecule has 0 aliphatic carbocycles. The van der Waals surface area contributed by atoms with Crippen LogP contribution in [-0.2, 0) is 18.4 Å². The third-order valence-electron chi connectivity index (χ3n) is 8.98. The van der Waals surface area contributed by atoms with Gasteiger partial charge < -0.3 is 19.8 Å². The average molecular weight is 828 g/mol. The van der Waals surface area contributed by atoms with Crippen molar-refractivity contribution < 1.29 is 32.9 Å². The standard InChI is InChI=1S/C49H83N2O6P/c1-6-8-10-12-14-16-17-18-19-20-21-22-23-24-25-26-27-28-29-30-31-32-33-35-37-39-41-43-49(53)50-47(46-57-58(54,55)56-45-44-51(3,4)5)48(52)42-40-38-36-34-15-13-11-9-7-2/h8,10,14-16,18-19,21-22,24-25,27-28,30-31,34,40,42,47-48,52H,6-7,9,11-13,17,20,23,26,29,32-33,35-39,41,43-46H2,1-5H3,(H-,50,53,54,55)/p+1/b10-8-,16-14-,19-18-,22-21-,25-24-,28-27-,31-30-,34-15+,42-40+. The van der Waals surface area contributed by atoms with Crippen LogP contribution in [-0.4, -0.2) is 73.4 Å². The molecule has 0 rings (SSSR count). The predicted octanol–water partition coefficient (Wildman–Crippen LogP) is 12.5. The van der Waals surface area contributed by atoms with E-state index < -0.39 is 20.0 Å². The van der Waals surface area contributed by atoms with Gasteiger partial charge in [-0.15, -0.1) is 0 Å². The molecule has 9 heteroatoms. The fourth-order valence-electron chi connectivity index (χ4n) is 5.45. The van der Waals surface area contributed by atoms with Crippen molar-refractivity contribution in [3.8, 4) is 0 Å². The van der Waals surface area contributed by atoms with Crippen LogP contribution in [0.3, 0.4) is 0 Å². The molecule has 58 heavy (non-hydrogen) atoms. The summed E-state index contributed by atoms with van der Waals surface area (Å²) in [6, 6.07) is -0.879. The number of aliphatic hydroxyl groups is 1. The topological polar surface area (TPSA) is 105 Å². The summed E-state index contributed by atoms with van der Waals surface area (Å²) in [7, 11) is 1.51. The number of carbonyl (C=O) groups excluding carboxylic acids is 1. The summed E-state index contributed by atoms with van der Waals surface area (Å²) >= 11 is 0. The number of unbranched alkanes of at least 4 members (excludes halogenated alkanes) is 9. The molecule has 0 bridgehead atoms. The van der Waals surface area contributed by atoms with Gasteiger partial charge in [-0.2, -0.15) is 0 Å². The van der Waals surface area contributed by atoms with Crippen LogP contribution in [0.15, 0.2) is 109 Å². The van der Waals surface area contributed by atoms with E-state index in [9.17, 15) is 19.4 Å². The number of quaternary nitrogens is 1. The van der Waals surface area contributed by atoms with Crippen molar-refractivity contribution >= 4 is 13.7 Å². The number of likely N-dealkylation sites (N-methyl/N-ethyl adjacent to an activating group) is 1. The average Bonchev–Trinajstić information content (AvgIpc) is 3.17. The molecule has 0 saturated carbocycles. The van der Waals surface area contributed by atoms with Crippen LogP contribution in [0.25, 0.3) is 0 Å². The molecule has 1 amide bonds. The molecule has 0 radical (unpaired) electrons. The summed E-state index contributed by atoms with van der Waals surface area (Å²) in [4.78, 5) is 23.0. The number of hydrogen-bond acceptors (Lipinski definition) is 5. The lowest BCUT2D eigenvalue weighted by Crippen LogP contribution is -2.45. The molecule has 0 aromatic carbocycles. The smallest absolute Gasteiger partial charge is 0.387 e. The number of carbonyl (C=O) groups is 1. The number of nitrogens with zero attached hydrogens (tertiary/aromatic N) is 1. The van der Waals surface area contributed by atoms with E-state index >= 15 is 0 Å². The Morgan fingerprint density at radius 1 is 0.603 bits per heavy atom. The maximum atomic E-state index is 12.8. The molecule has 3 N–H and O–H groups in total. The maximum Gasteiger partial charge on any atom is 0.472 e. The third-order valence-corrected chi connectivity index (χ3v) is 9.96. The zero-order chi connectivity index (χ0) is 42.8. The Bertz CT molecular complexity index is 1300. The number of phosphoric acid groups is 1. The molecule has 0 spiro atoms. The minimum absolute atomic E-state index is 0.0450. The molecule has 0 heterocycles. The molecule has 0 aromatic heterocycles. The Hall–Kier alpha value is -2.84. The van der Waals surface area contributed by atoms with Gasteiger partial charge in [-0.3, -0.25) is 13.8 Å². The third kappa shape index (κ3) is 41.3. The quantitative estimate of drug-likeness (QED) is 0.0248. The molecule has 3 unspecified atom stereocenters. The van der Waals surface area contributed by atoms with Crippen molar-refractivity contribution in [3.63, 3.8) is 0 Å². The summed E-state index contributed by atoms with van der Waals surface area (Å²) < 4.78 is 23.4. The summed E-state index contributed by atoms with van der Waals surface area (Å²) in [5.74, 6) is -0.216. The Kier molecular flexibility index (Phi) is 37.7. The van der Waals surface area contributed by atoms with E-state index in [0.29, 0.717) is 17.4 Å². The molecular formula is C49H84N2O6P+. The van der Waals surface area contributed by atoms with E-state index in [0.717, 1.165) is 103 Å². The van der Waals surface area contributed by atoms with Crippen molar-refractivity contribution in [1.29, 1.82) is 0 Å². The largest absolute Gasteiger partial charge is 0.472 e. The van der Waals surface area contributed by atoms with Gasteiger partial charge in [0, 0.05) is 6.42 Å². The van der Waals surface area contributed by atoms with Crippen molar-refractivity contribution in [1.82, 2.24) is 5.32 Å². The van der Waals surface area contributed by atoms with Gasteiger partial charge in [0.2, 0.25) is 5.91 Å². The van der Waals surface area contributed by atoms with Crippen LogP contribution in [0, 0.1) is 0 Å². The Labute approximate surface area is 355 Å². The highest BCUT2D eigenvalue weighted by atomic mass is 31.2. The molecule has 0 fully saturated rings. The highest BCUT2D eigenvalue weighted by Crippen LogP contribution is 2.43. The van der Waals surface area contributed by atoms with Gasteiger partial charge in [0.1, 0.15) is 13.2 Å². The predicted molar refractivity (Wildman–Crippen MR) is 249 cm³/mol. The molecule has 8 nitrogen and oxygen atoms in total. The van der Waals surface area contributed by atoms with Crippen LogP contribution in [0.4, 0.5) is 0 Å². The minimum atomic E-state index is -4.35. The van der Waals surface area contributed by atoms with Gasteiger partial charge in [0.05, 0.1) is 39.9 Å². The monoisotopic (exact) mass is 828 g/mol. The lowest BCUT2D eigenvalue weighted by molar-refractivity contribution is -0.870. The van der Waals surface area contributed by atoms with Crippen molar-refractivity contribution in [2.75, 3.05) is 40.9 Å². The number of phosphoric ester groups is 1. The van der Waals surface area contributed by atoms with Gasteiger partial charge in [-0.05, 0) is 89.9 Å². The van der Waals surface area contributed by atoms with Crippen LogP contribution in [0.1, 0.15) is 142 Å². The normalized spacial score (nSPS) is 15.4. The van der Waals surface area contributed by atoms with Crippen LogP contribution in [0.5, 0.6) is 0 Å². The number of aliphatic hydroxyl groups excluding tert-OH is 1. The lowest BCUT2D eigenvalue weighted by atomic mass is 10.1. The summed E-state index contributed by atoms with van der Waals surface area (Å²) in [6.07, 6.45) is 57.5. The van der Waals surface area contributed by atoms with Crippen LogP contribution < -0.4 is 5.32 Å². The molecule has 3 atom stereocenters. The summed E-state index contributed by atoms with van der Waals surface area (Å²) in [5.41, 5.74) is 0. The first-order valence-corrected chi connectivity index (χ1v) is 23.8. The van der Waals surface area contributed by atoms with Crippen LogP contribution >= 0.6 is 7.82 Å². The van der Waals surface area contributed by atoms with Gasteiger partial charge >= 0.3 is 7.82 Å². The first-order valence-electron chi connectivity index (χ1n) is 22.3. The fraction of sp³-hybridized carbons (Fsp3) is 0.612. The second-order valence-electron chi connectivity index (χ2n) is 15.7. The zero-order valence-electron chi connectivity index (χ0n) is 37.2. The second kappa shape index (κ2) is 39.6. The lowest BCUT2D eigenvalue weighted by Gasteiger charge is -2.25. The molecule has 0 aromatic rings. The second-order valence-corrected chi connectivity index (χ2v) is 17.1. The highest BCUT2D eigenvalue weighted by molar-refractivity contribution is 7.47. The molecule has 0 aliphatic heterocycles. The van der Waals surface area contributed by atoms with E-state index in [1.807, 2.05) is 27.2 Å². The number of hydrogen-bond donors (Lipinski definition) is 3. The maximum absolute atomic E-state index is 12.8. The van der Waals surface area contributed by atoms with Gasteiger partial charge in [0.15, 0.2) is 0 Å². The first-order chi connectivity index (χ1) is 28.0. The van der Waals surface area contributed by atoms with Crippen LogP contribution in [0.2, 0.25) is 0 Å². The van der Waals surface area contributed by atoms with Gasteiger partial charge in [0.25, 0.3) is 0 Å². The first kappa shape index (κ1) is 55.2. The van der Waals surface area contributed by atoms with E-state index in [2.05, 4.69) is 116 Å². The molecular weight excluding hydrogens is 744 g/mol. The van der Waals surface area contributed by atoms with E-state index in [4.69, 9.17) is 9.05 Å². The van der Waals surface area contributed by atoms with E-state index in [-0.39, 0.29) is 19.1 Å². The molecule has 330 valence electrons. The Morgan fingerprint density at radius 3 is 1.59 bits per heavy atom. The summed E-state index contributed by atoms with van der Waals surface area (Å²) in [5, 5.41) is 13.7. The Morgan fingerprint density at radius 2 is 1.05 bits per heavy atom. The molecule has 0 aliphatic rings. The van der Waals surface area contributed by atoms with Gasteiger partial charge in [-0.25, -0.2) is 4.57 Å². The zero-order valence-corrected chi connectivity index (χ0v) is 38.1. The number of nitrogens with one attached hydrogen (secondary N) is 1.